The van der Waals surface area contributed by atoms with E-state index in [4.69, 9.17) is 4.52 Å². The number of carbonyl (C=O) groups is 2. The van der Waals surface area contributed by atoms with Crippen molar-refractivity contribution in [1.82, 2.24) is 14.4 Å². The average molecular weight is 463 g/mol. The van der Waals surface area contributed by atoms with Crippen molar-refractivity contribution >= 4 is 27.5 Å². The maximum atomic E-state index is 13.0. The number of hydrogen-bond acceptors (Lipinski definition) is 6. The minimum atomic E-state index is -3.57. The number of benzene rings is 1. The molecule has 0 bridgehead atoms. The van der Waals surface area contributed by atoms with Crippen LogP contribution in [0.1, 0.15) is 37.3 Å². The zero-order chi connectivity index (χ0) is 23.6. The van der Waals surface area contributed by atoms with Crippen LogP contribution in [0.25, 0.3) is 0 Å². The van der Waals surface area contributed by atoms with Crippen molar-refractivity contribution in [2.75, 3.05) is 31.6 Å². The van der Waals surface area contributed by atoms with Crippen molar-refractivity contribution in [3.8, 4) is 0 Å². The van der Waals surface area contributed by atoms with Gasteiger partial charge >= 0.3 is 0 Å². The lowest BCUT2D eigenvalue weighted by Crippen LogP contribution is -2.34. The number of hydrogen-bond donors (Lipinski definition) is 0. The summed E-state index contributed by atoms with van der Waals surface area (Å²) in [7, 11) is -1.86. The average Bonchev–Trinajstić information content (AvgIpc) is 3.31. The number of sulfonamides is 1. The highest BCUT2D eigenvalue weighted by Crippen LogP contribution is 2.28. The molecule has 0 radical (unpaired) electrons. The topological polar surface area (TPSA) is 104 Å². The minimum Gasteiger partial charge on any atom is -0.361 e. The summed E-state index contributed by atoms with van der Waals surface area (Å²) in [6.45, 7) is 8.60. The van der Waals surface area contributed by atoms with Gasteiger partial charge in [0.2, 0.25) is 21.8 Å². The first-order valence-corrected chi connectivity index (χ1v) is 12.1. The van der Waals surface area contributed by atoms with E-state index in [1.807, 2.05) is 6.92 Å². The molecule has 1 atom stereocenters. The Hall–Kier alpha value is -2.72. The number of rotatable bonds is 8. The van der Waals surface area contributed by atoms with E-state index in [2.05, 4.69) is 5.16 Å². The summed E-state index contributed by atoms with van der Waals surface area (Å²) in [5.74, 6) is -0.0758. The highest BCUT2D eigenvalue weighted by molar-refractivity contribution is 7.89. The molecule has 1 aliphatic rings. The number of anilines is 1. The van der Waals surface area contributed by atoms with E-state index in [0.717, 1.165) is 11.3 Å². The summed E-state index contributed by atoms with van der Waals surface area (Å²) >= 11 is 0. The van der Waals surface area contributed by atoms with Crippen LogP contribution < -0.4 is 4.90 Å². The van der Waals surface area contributed by atoms with E-state index in [9.17, 15) is 18.0 Å². The van der Waals surface area contributed by atoms with Crippen LogP contribution >= 0.6 is 0 Å². The van der Waals surface area contributed by atoms with Crippen LogP contribution in [0.4, 0.5) is 5.69 Å². The van der Waals surface area contributed by atoms with Crippen molar-refractivity contribution in [3.05, 3.63) is 41.3 Å². The zero-order valence-electron chi connectivity index (χ0n) is 19.2. The van der Waals surface area contributed by atoms with Crippen molar-refractivity contribution in [2.24, 2.45) is 5.92 Å². The Morgan fingerprint density at radius 1 is 1.19 bits per heavy atom. The van der Waals surface area contributed by atoms with Gasteiger partial charge in [-0.15, -0.1) is 0 Å². The highest BCUT2D eigenvalue weighted by atomic mass is 32.2. The molecule has 1 saturated heterocycles. The molecule has 1 aromatic heterocycles. The van der Waals surface area contributed by atoms with E-state index >= 15 is 0 Å². The van der Waals surface area contributed by atoms with Gasteiger partial charge in [0.05, 0.1) is 23.1 Å². The third-order valence-electron chi connectivity index (χ3n) is 5.92. The summed E-state index contributed by atoms with van der Waals surface area (Å²) in [6, 6.07) is 6.26. The van der Waals surface area contributed by atoms with E-state index in [-0.39, 0.29) is 29.7 Å². The quantitative estimate of drug-likeness (QED) is 0.596. The molecular formula is C22H30N4O5S. The largest absolute Gasteiger partial charge is 0.361 e. The molecule has 174 valence electrons. The van der Waals surface area contributed by atoms with E-state index in [1.54, 1.807) is 49.8 Å². The first-order valence-electron chi connectivity index (χ1n) is 10.7. The van der Waals surface area contributed by atoms with Gasteiger partial charge in [-0.3, -0.25) is 9.59 Å². The van der Waals surface area contributed by atoms with Crippen LogP contribution in [0.15, 0.2) is 33.7 Å². The number of nitrogens with zero attached hydrogens (tertiary/aromatic N) is 4. The van der Waals surface area contributed by atoms with Gasteiger partial charge in [0, 0.05) is 44.4 Å². The highest BCUT2D eigenvalue weighted by Gasteiger charge is 2.37. The Bertz CT molecular complexity index is 1070. The van der Waals surface area contributed by atoms with Gasteiger partial charge in [0.25, 0.3) is 0 Å². The molecule has 9 nitrogen and oxygen atoms in total. The fraction of sp³-hybridized carbons (Fsp3) is 0.500. The van der Waals surface area contributed by atoms with Crippen LogP contribution in [0.2, 0.25) is 0 Å². The van der Waals surface area contributed by atoms with E-state index in [0.29, 0.717) is 31.1 Å². The summed E-state index contributed by atoms with van der Waals surface area (Å²) in [5, 5.41) is 3.91. The van der Waals surface area contributed by atoms with Crippen molar-refractivity contribution in [1.29, 1.82) is 0 Å². The molecule has 0 aliphatic carbocycles. The summed E-state index contributed by atoms with van der Waals surface area (Å²) in [4.78, 5) is 28.9. The lowest BCUT2D eigenvalue weighted by Gasteiger charge is -2.22. The lowest BCUT2D eigenvalue weighted by molar-refractivity contribution is -0.135. The number of aromatic nitrogens is 1. The Balaban J connectivity index is 1.71. The number of aryl methyl sites for hydroxylation is 2. The van der Waals surface area contributed by atoms with Crippen LogP contribution in [0.3, 0.4) is 0 Å². The van der Waals surface area contributed by atoms with Crippen molar-refractivity contribution in [2.45, 2.75) is 45.6 Å². The van der Waals surface area contributed by atoms with Gasteiger partial charge in [0.1, 0.15) is 5.76 Å². The molecule has 10 heteroatoms. The zero-order valence-corrected chi connectivity index (χ0v) is 20.0. The lowest BCUT2D eigenvalue weighted by atomic mass is 10.1. The first-order chi connectivity index (χ1) is 15.1. The third kappa shape index (κ3) is 4.56. The standard InChI is InChI=1S/C22H30N4O5S/c1-6-25(7-2)32(29,30)19-10-8-18(9-11-19)26-13-17(12-21(26)27)22(28)24(5)14-20-15(3)23-31-16(20)4/h8-11,17H,6-7,12-14H2,1-5H3. The second kappa shape index (κ2) is 9.41. The number of amides is 2. The molecule has 32 heavy (non-hydrogen) atoms. The van der Waals surface area contributed by atoms with Gasteiger partial charge in [-0.2, -0.15) is 4.31 Å². The fourth-order valence-corrected chi connectivity index (χ4v) is 5.45. The first kappa shape index (κ1) is 23.9. The predicted octanol–water partition coefficient (Wildman–Crippen LogP) is 2.33. The van der Waals surface area contributed by atoms with Crippen LogP contribution in [0, 0.1) is 19.8 Å². The van der Waals surface area contributed by atoms with Crippen LogP contribution in [-0.4, -0.2) is 61.3 Å². The second-order valence-corrected chi connectivity index (χ2v) is 9.92. The van der Waals surface area contributed by atoms with E-state index < -0.39 is 15.9 Å². The minimum absolute atomic E-state index is 0.115. The van der Waals surface area contributed by atoms with Gasteiger partial charge < -0.3 is 14.3 Å². The molecule has 1 aromatic carbocycles. The summed E-state index contributed by atoms with van der Waals surface area (Å²) in [5.41, 5.74) is 2.19. The third-order valence-corrected chi connectivity index (χ3v) is 7.98. The Kier molecular flexibility index (Phi) is 7.04. The molecule has 1 aliphatic heterocycles. The molecule has 1 unspecified atom stereocenters. The molecule has 0 spiro atoms. The van der Waals surface area contributed by atoms with Gasteiger partial charge in [0.15, 0.2) is 0 Å². The monoisotopic (exact) mass is 462 g/mol. The Labute approximate surface area is 189 Å². The number of carbonyl (C=O) groups excluding carboxylic acids is 2. The molecule has 0 saturated carbocycles. The molecule has 1 fully saturated rings. The molecule has 3 rings (SSSR count). The van der Waals surface area contributed by atoms with Crippen LogP contribution in [-0.2, 0) is 26.2 Å². The molecular weight excluding hydrogens is 432 g/mol. The summed E-state index contributed by atoms with van der Waals surface area (Å²) < 4.78 is 31.9. The van der Waals surface area contributed by atoms with Crippen molar-refractivity contribution in [3.63, 3.8) is 0 Å². The van der Waals surface area contributed by atoms with Gasteiger partial charge in [-0.25, -0.2) is 8.42 Å². The molecule has 2 heterocycles. The van der Waals surface area contributed by atoms with Gasteiger partial charge in [-0.05, 0) is 38.1 Å². The molecule has 2 aromatic rings. The smallest absolute Gasteiger partial charge is 0.243 e. The maximum Gasteiger partial charge on any atom is 0.243 e. The second-order valence-electron chi connectivity index (χ2n) is 7.99. The van der Waals surface area contributed by atoms with E-state index in [1.165, 1.54) is 16.4 Å². The Morgan fingerprint density at radius 2 is 1.81 bits per heavy atom. The SMILES string of the molecule is CCN(CC)S(=O)(=O)c1ccc(N2CC(C(=O)N(C)Cc3c(C)noc3C)CC2=O)cc1. The predicted molar refractivity (Wildman–Crippen MR) is 119 cm³/mol. The summed E-state index contributed by atoms with van der Waals surface area (Å²) in [6.07, 6.45) is 0.115. The Morgan fingerprint density at radius 3 is 2.34 bits per heavy atom. The normalized spacial score (nSPS) is 16.8. The molecule has 2 amide bonds. The van der Waals surface area contributed by atoms with Crippen molar-refractivity contribution < 1.29 is 22.5 Å². The van der Waals surface area contributed by atoms with Gasteiger partial charge in [-0.1, -0.05) is 19.0 Å². The fourth-order valence-electron chi connectivity index (χ4n) is 3.99. The maximum absolute atomic E-state index is 13.0. The van der Waals surface area contributed by atoms with Crippen LogP contribution in [0.5, 0.6) is 0 Å². The molecule has 0 N–H and O–H groups in total.